The summed E-state index contributed by atoms with van der Waals surface area (Å²) >= 11 is 5.99. The second kappa shape index (κ2) is 8.25. The number of ether oxygens (including phenoxy) is 1. The van der Waals surface area contributed by atoms with E-state index in [2.05, 4.69) is 28.3 Å². The van der Waals surface area contributed by atoms with Gasteiger partial charge in [-0.15, -0.1) is 0 Å². The number of halogens is 1. The maximum Gasteiger partial charge on any atom is 0.193 e. The number of hydrogen-bond donors (Lipinski definition) is 1. The van der Waals surface area contributed by atoms with Gasteiger partial charge in [0.2, 0.25) is 0 Å². The lowest BCUT2D eigenvalue weighted by Gasteiger charge is -2.24. The number of aliphatic imine (C=N–C) groups is 1. The predicted octanol–water partition coefficient (Wildman–Crippen LogP) is 2.43. The first kappa shape index (κ1) is 16.1. The largest absolute Gasteiger partial charge is 0.381 e. The SMILES string of the molecule is CN=C(NCCc1cccc(Cl)c1)N(C)CC1CCOC1. The van der Waals surface area contributed by atoms with Crippen molar-refractivity contribution in [2.24, 2.45) is 10.9 Å². The van der Waals surface area contributed by atoms with Gasteiger partial charge < -0.3 is 15.0 Å². The van der Waals surface area contributed by atoms with Gasteiger partial charge in [-0.1, -0.05) is 23.7 Å². The van der Waals surface area contributed by atoms with Crippen LogP contribution in [-0.4, -0.2) is 51.3 Å². The van der Waals surface area contributed by atoms with Crippen LogP contribution < -0.4 is 5.32 Å². The summed E-state index contributed by atoms with van der Waals surface area (Å²) < 4.78 is 5.42. The first-order valence-corrected chi connectivity index (χ1v) is 7.81. The molecule has 21 heavy (non-hydrogen) atoms. The maximum absolute atomic E-state index is 5.99. The zero-order chi connectivity index (χ0) is 15.1. The van der Waals surface area contributed by atoms with E-state index in [9.17, 15) is 0 Å². The third kappa shape index (κ3) is 5.21. The molecule has 1 fully saturated rings. The van der Waals surface area contributed by atoms with Crippen LogP contribution in [0.25, 0.3) is 0 Å². The van der Waals surface area contributed by atoms with Crippen LogP contribution in [0.4, 0.5) is 0 Å². The van der Waals surface area contributed by atoms with Crippen LogP contribution >= 0.6 is 11.6 Å². The molecule has 0 spiro atoms. The molecule has 0 amide bonds. The Morgan fingerprint density at radius 3 is 3.05 bits per heavy atom. The van der Waals surface area contributed by atoms with Crippen molar-refractivity contribution in [1.82, 2.24) is 10.2 Å². The van der Waals surface area contributed by atoms with E-state index in [1.165, 1.54) is 5.56 Å². The highest BCUT2D eigenvalue weighted by molar-refractivity contribution is 6.30. The molecule has 1 N–H and O–H groups in total. The minimum atomic E-state index is 0.612. The summed E-state index contributed by atoms with van der Waals surface area (Å²) in [6, 6.07) is 7.98. The molecule has 1 aromatic carbocycles. The highest BCUT2D eigenvalue weighted by atomic mass is 35.5. The Kier molecular flexibility index (Phi) is 6.33. The Morgan fingerprint density at radius 1 is 1.52 bits per heavy atom. The lowest BCUT2D eigenvalue weighted by Crippen LogP contribution is -2.42. The highest BCUT2D eigenvalue weighted by Gasteiger charge is 2.18. The van der Waals surface area contributed by atoms with Gasteiger partial charge in [-0.05, 0) is 30.5 Å². The molecule has 0 radical (unpaired) electrons. The molecule has 116 valence electrons. The minimum Gasteiger partial charge on any atom is -0.381 e. The van der Waals surface area contributed by atoms with E-state index >= 15 is 0 Å². The summed E-state index contributed by atoms with van der Waals surface area (Å²) in [6.07, 6.45) is 2.07. The molecule has 0 aromatic heterocycles. The fourth-order valence-corrected chi connectivity index (χ4v) is 2.81. The molecule has 1 heterocycles. The quantitative estimate of drug-likeness (QED) is 0.670. The van der Waals surface area contributed by atoms with E-state index in [0.29, 0.717) is 5.92 Å². The Hall–Kier alpha value is -1.26. The molecule has 0 bridgehead atoms. The zero-order valence-corrected chi connectivity index (χ0v) is 13.6. The molecule has 2 rings (SSSR count). The number of rotatable bonds is 5. The third-order valence-electron chi connectivity index (χ3n) is 3.72. The molecule has 1 aliphatic rings. The first-order valence-electron chi connectivity index (χ1n) is 7.43. The van der Waals surface area contributed by atoms with E-state index in [0.717, 1.165) is 50.1 Å². The van der Waals surface area contributed by atoms with Crippen molar-refractivity contribution in [1.29, 1.82) is 0 Å². The summed E-state index contributed by atoms with van der Waals surface area (Å²) in [5, 5.41) is 4.19. The maximum atomic E-state index is 5.99. The first-order chi connectivity index (χ1) is 10.2. The molecule has 4 nitrogen and oxygen atoms in total. The number of nitrogens with one attached hydrogen (secondary N) is 1. The standard InChI is InChI=1S/C16H24ClN3O/c1-18-16(20(2)11-14-7-9-21-12-14)19-8-6-13-4-3-5-15(17)10-13/h3-5,10,14H,6-9,11-12H2,1-2H3,(H,18,19). The van der Waals surface area contributed by atoms with E-state index in [-0.39, 0.29) is 0 Å². The fourth-order valence-electron chi connectivity index (χ4n) is 2.60. The summed E-state index contributed by atoms with van der Waals surface area (Å²) in [5.74, 6) is 1.55. The van der Waals surface area contributed by atoms with Gasteiger partial charge >= 0.3 is 0 Å². The smallest absolute Gasteiger partial charge is 0.193 e. The Labute approximate surface area is 132 Å². The van der Waals surface area contributed by atoms with E-state index < -0.39 is 0 Å². The van der Waals surface area contributed by atoms with Crippen molar-refractivity contribution < 1.29 is 4.74 Å². The molecule has 1 saturated heterocycles. The van der Waals surface area contributed by atoms with Crippen molar-refractivity contribution in [3.63, 3.8) is 0 Å². The predicted molar refractivity (Wildman–Crippen MR) is 88.1 cm³/mol. The van der Waals surface area contributed by atoms with Crippen molar-refractivity contribution in [2.45, 2.75) is 12.8 Å². The average Bonchev–Trinajstić information content (AvgIpc) is 2.96. The number of benzene rings is 1. The Balaban J connectivity index is 1.76. The monoisotopic (exact) mass is 309 g/mol. The zero-order valence-electron chi connectivity index (χ0n) is 12.8. The van der Waals surface area contributed by atoms with Crippen LogP contribution in [0.1, 0.15) is 12.0 Å². The van der Waals surface area contributed by atoms with Crippen molar-refractivity contribution in [3.8, 4) is 0 Å². The van der Waals surface area contributed by atoms with Crippen LogP contribution in [0.3, 0.4) is 0 Å². The number of nitrogens with zero attached hydrogens (tertiary/aromatic N) is 2. The molecule has 5 heteroatoms. The van der Waals surface area contributed by atoms with E-state index in [1.54, 1.807) is 0 Å². The number of hydrogen-bond acceptors (Lipinski definition) is 2. The van der Waals surface area contributed by atoms with Crippen molar-refractivity contribution in [2.75, 3.05) is 40.4 Å². The summed E-state index contributed by atoms with van der Waals surface area (Å²) in [6.45, 7) is 3.58. The molecular formula is C16H24ClN3O. The molecule has 1 atom stereocenters. The normalized spacial score (nSPS) is 18.8. The molecular weight excluding hydrogens is 286 g/mol. The minimum absolute atomic E-state index is 0.612. The van der Waals surface area contributed by atoms with Gasteiger partial charge in [-0.25, -0.2) is 0 Å². The van der Waals surface area contributed by atoms with Crippen LogP contribution in [0.2, 0.25) is 5.02 Å². The Morgan fingerprint density at radius 2 is 2.38 bits per heavy atom. The second-order valence-corrected chi connectivity index (χ2v) is 5.90. The highest BCUT2D eigenvalue weighted by Crippen LogP contribution is 2.13. The average molecular weight is 310 g/mol. The summed E-state index contributed by atoms with van der Waals surface area (Å²) in [5.41, 5.74) is 1.23. The van der Waals surface area contributed by atoms with Gasteiger partial charge in [0.1, 0.15) is 0 Å². The number of guanidine groups is 1. The molecule has 1 aliphatic heterocycles. The van der Waals surface area contributed by atoms with Gasteiger partial charge in [-0.3, -0.25) is 4.99 Å². The van der Waals surface area contributed by atoms with Crippen LogP contribution in [0.5, 0.6) is 0 Å². The second-order valence-electron chi connectivity index (χ2n) is 5.46. The van der Waals surface area contributed by atoms with Crippen LogP contribution in [0.15, 0.2) is 29.3 Å². The fraction of sp³-hybridized carbons (Fsp3) is 0.562. The molecule has 1 aromatic rings. The van der Waals surface area contributed by atoms with Gasteiger partial charge in [-0.2, -0.15) is 0 Å². The van der Waals surface area contributed by atoms with Gasteiger partial charge in [0.25, 0.3) is 0 Å². The van der Waals surface area contributed by atoms with E-state index in [4.69, 9.17) is 16.3 Å². The van der Waals surface area contributed by atoms with Gasteiger partial charge in [0.05, 0.1) is 6.61 Å². The van der Waals surface area contributed by atoms with Gasteiger partial charge in [0.15, 0.2) is 5.96 Å². The van der Waals surface area contributed by atoms with Crippen molar-refractivity contribution in [3.05, 3.63) is 34.9 Å². The molecule has 0 aliphatic carbocycles. The summed E-state index contributed by atoms with van der Waals surface area (Å²) in [4.78, 5) is 6.52. The Bertz CT molecular complexity index is 472. The lowest BCUT2D eigenvalue weighted by molar-refractivity contribution is 0.181. The third-order valence-corrected chi connectivity index (χ3v) is 3.95. The molecule has 1 unspecified atom stereocenters. The topological polar surface area (TPSA) is 36.9 Å². The van der Waals surface area contributed by atoms with Crippen molar-refractivity contribution >= 4 is 17.6 Å². The van der Waals surface area contributed by atoms with Crippen LogP contribution in [-0.2, 0) is 11.2 Å². The van der Waals surface area contributed by atoms with E-state index in [1.807, 2.05) is 25.2 Å². The van der Waals surface area contributed by atoms with Crippen LogP contribution in [0, 0.1) is 5.92 Å². The van der Waals surface area contributed by atoms with Gasteiger partial charge in [0, 0.05) is 44.7 Å². The summed E-state index contributed by atoms with van der Waals surface area (Å²) in [7, 11) is 3.90. The molecule has 0 saturated carbocycles. The lowest BCUT2D eigenvalue weighted by atomic mass is 10.1.